The third-order valence-corrected chi connectivity index (χ3v) is 2.65. The van der Waals surface area contributed by atoms with Gasteiger partial charge in [0.2, 0.25) is 0 Å². The first-order valence-corrected chi connectivity index (χ1v) is 6.27. The van der Waals surface area contributed by atoms with Crippen molar-refractivity contribution in [2.45, 2.75) is 18.9 Å². The third kappa shape index (κ3) is 11.8. The number of hydrogen-bond donors (Lipinski definition) is 0. The second kappa shape index (κ2) is 14.9. The topological polar surface area (TPSA) is 102 Å². The molecule has 1 rings (SSSR count). The number of carbonyl (C=O) groups is 2. The SMILES string of the molecule is COc1ccc(/C=C/C=NC(CCC(=O)[O-])C(=O)[O-])cc1.[K+].[K+]. The molecule has 0 aliphatic heterocycles. The maximum atomic E-state index is 10.8. The van der Waals surface area contributed by atoms with Crippen LogP contribution in [0.5, 0.6) is 5.75 Å². The van der Waals surface area contributed by atoms with Crippen molar-refractivity contribution in [1.29, 1.82) is 0 Å². The molecule has 0 fully saturated rings. The van der Waals surface area contributed by atoms with Crippen LogP contribution < -0.4 is 118 Å². The van der Waals surface area contributed by atoms with E-state index in [4.69, 9.17) is 4.74 Å². The van der Waals surface area contributed by atoms with Gasteiger partial charge < -0.3 is 24.5 Å². The number of methoxy groups -OCH3 is 1. The number of nitrogens with zero attached hydrogens (tertiary/aromatic N) is 1. The molecule has 112 valence electrons. The van der Waals surface area contributed by atoms with Crippen LogP contribution in [0.1, 0.15) is 18.4 Å². The quantitative estimate of drug-likeness (QED) is 0.336. The van der Waals surface area contributed by atoms with Crippen molar-refractivity contribution < 1.29 is 127 Å². The molecule has 1 aromatic rings. The van der Waals surface area contributed by atoms with E-state index in [1.165, 1.54) is 6.21 Å². The van der Waals surface area contributed by atoms with E-state index in [0.717, 1.165) is 11.3 Å². The van der Waals surface area contributed by atoms with Crippen LogP contribution >= 0.6 is 0 Å². The van der Waals surface area contributed by atoms with Crippen molar-refractivity contribution in [3.63, 3.8) is 0 Å². The first-order valence-electron chi connectivity index (χ1n) is 6.27. The van der Waals surface area contributed by atoms with Crippen LogP contribution in [-0.4, -0.2) is 31.3 Å². The van der Waals surface area contributed by atoms with E-state index in [2.05, 4.69) is 4.99 Å². The molecule has 0 heterocycles. The molecule has 0 spiro atoms. The summed E-state index contributed by atoms with van der Waals surface area (Å²) in [5, 5.41) is 21.1. The molecule has 0 radical (unpaired) electrons. The van der Waals surface area contributed by atoms with Gasteiger partial charge in [-0.05, 0) is 36.6 Å². The smallest absolute Gasteiger partial charge is 0.550 e. The number of carbonyl (C=O) groups excluding carboxylic acids is 2. The minimum atomic E-state index is -1.41. The molecule has 0 aromatic heterocycles. The molecule has 0 N–H and O–H groups in total. The Kier molecular flexibility index (Phi) is 16.8. The molecule has 0 amide bonds. The Morgan fingerprint density at radius 3 is 2.30 bits per heavy atom. The Labute approximate surface area is 220 Å². The molecule has 23 heavy (non-hydrogen) atoms. The number of allylic oxidation sites excluding steroid dienone is 1. The second-order valence-electron chi connectivity index (χ2n) is 4.18. The molecule has 1 unspecified atom stereocenters. The summed E-state index contributed by atoms with van der Waals surface area (Å²) < 4.78 is 5.02. The number of ether oxygens (including phenoxy) is 1. The fourth-order valence-electron chi connectivity index (χ4n) is 1.53. The van der Waals surface area contributed by atoms with Crippen molar-refractivity contribution in [1.82, 2.24) is 0 Å². The summed E-state index contributed by atoms with van der Waals surface area (Å²) in [6, 6.07) is 6.05. The molecule has 6 nitrogen and oxygen atoms in total. The normalized spacial score (nSPS) is 11.5. The number of aliphatic carboxylic acids is 2. The Morgan fingerprint density at radius 1 is 1.22 bits per heavy atom. The van der Waals surface area contributed by atoms with Crippen LogP contribution in [0.15, 0.2) is 35.3 Å². The summed E-state index contributed by atoms with van der Waals surface area (Å²) in [5.41, 5.74) is 0.891. The first-order chi connectivity index (χ1) is 10.0. The van der Waals surface area contributed by atoms with Crippen LogP contribution in [0.4, 0.5) is 0 Å². The molecule has 0 bridgehead atoms. The molecular weight excluding hydrogens is 352 g/mol. The van der Waals surface area contributed by atoms with Gasteiger partial charge in [0.15, 0.2) is 0 Å². The summed E-state index contributed by atoms with van der Waals surface area (Å²) in [6.07, 6.45) is 4.07. The van der Waals surface area contributed by atoms with Crippen LogP contribution in [0.25, 0.3) is 6.08 Å². The number of aliphatic imine (C=N–C) groups is 1. The number of carboxylic acid groups (broad SMARTS) is 2. The minimum Gasteiger partial charge on any atom is -0.550 e. The molecule has 0 aliphatic carbocycles. The van der Waals surface area contributed by atoms with Crippen LogP contribution in [0.2, 0.25) is 0 Å². The standard InChI is InChI=1S/C15H17NO5.2K/c1-21-12-6-4-11(5-7-12)3-2-10-16-13(15(19)20)8-9-14(17)18;;/h2-7,10,13H,8-9H2,1H3,(H,17,18)(H,19,20);;/q;2*+1/p-2/b3-2+,16-10?;;. The van der Waals surface area contributed by atoms with E-state index in [9.17, 15) is 19.8 Å². The molecule has 8 heteroatoms. The largest absolute Gasteiger partial charge is 1.00 e. The van der Waals surface area contributed by atoms with E-state index >= 15 is 0 Å². The maximum absolute atomic E-state index is 10.8. The Morgan fingerprint density at radius 2 is 1.83 bits per heavy atom. The fourth-order valence-corrected chi connectivity index (χ4v) is 1.53. The van der Waals surface area contributed by atoms with Crippen molar-refractivity contribution in [3.8, 4) is 5.75 Å². The van der Waals surface area contributed by atoms with Gasteiger partial charge in [0.05, 0.1) is 19.1 Å². The summed E-state index contributed by atoms with van der Waals surface area (Å²) >= 11 is 0. The van der Waals surface area contributed by atoms with Gasteiger partial charge in [-0.1, -0.05) is 18.2 Å². The van der Waals surface area contributed by atoms with Gasteiger partial charge in [-0.2, -0.15) is 0 Å². The van der Waals surface area contributed by atoms with Crippen LogP contribution in [0.3, 0.4) is 0 Å². The Balaban J connectivity index is 0. The van der Waals surface area contributed by atoms with E-state index < -0.39 is 18.0 Å². The molecule has 1 aromatic carbocycles. The van der Waals surface area contributed by atoms with Gasteiger partial charge in [-0.3, -0.25) is 4.99 Å². The predicted octanol–water partition coefficient (Wildman–Crippen LogP) is -6.56. The van der Waals surface area contributed by atoms with Gasteiger partial charge in [-0.25, -0.2) is 0 Å². The summed E-state index contributed by atoms with van der Waals surface area (Å²) in [4.78, 5) is 24.8. The van der Waals surface area contributed by atoms with E-state index in [0.29, 0.717) is 0 Å². The van der Waals surface area contributed by atoms with Crippen molar-refractivity contribution in [3.05, 3.63) is 35.9 Å². The molecule has 0 saturated carbocycles. The van der Waals surface area contributed by atoms with Crippen molar-refractivity contribution in [2.75, 3.05) is 7.11 Å². The van der Waals surface area contributed by atoms with Crippen LogP contribution in [-0.2, 0) is 9.59 Å². The van der Waals surface area contributed by atoms with Crippen molar-refractivity contribution >= 4 is 24.2 Å². The number of benzene rings is 1. The Bertz CT molecular complexity index is 543. The predicted molar refractivity (Wildman–Crippen MR) is 73.6 cm³/mol. The zero-order valence-electron chi connectivity index (χ0n) is 13.5. The number of hydrogen-bond acceptors (Lipinski definition) is 6. The van der Waals surface area contributed by atoms with Crippen LogP contribution in [0, 0.1) is 0 Å². The zero-order chi connectivity index (χ0) is 15.7. The van der Waals surface area contributed by atoms with Gasteiger partial charge >= 0.3 is 103 Å². The first kappa shape index (κ1) is 25.9. The van der Waals surface area contributed by atoms with Gasteiger partial charge in [0, 0.05) is 12.2 Å². The number of rotatable bonds is 8. The molecule has 0 aliphatic rings. The molecular formula is C15H15K2NO5. The average Bonchev–Trinajstić information content (AvgIpc) is 2.46. The molecule has 1 atom stereocenters. The van der Waals surface area contributed by atoms with E-state index in [1.54, 1.807) is 31.4 Å². The maximum Gasteiger partial charge on any atom is 1.00 e. The van der Waals surface area contributed by atoms with Crippen molar-refractivity contribution in [2.24, 2.45) is 4.99 Å². The summed E-state index contributed by atoms with van der Waals surface area (Å²) in [6.45, 7) is 0. The van der Waals surface area contributed by atoms with Gasteiger partial charge in [0.1, 0.15) is 5.75 Å². The monoisotopic (exact) mass is 367 g/mol. The average molecular weight is 367 g/mol. The molecule has 0 saturated heterocycles. The fraction of sp³-hybridized carbons (Fsp3) is 0.267. The number of carboxylic acids is 2. The van der Waals surface area contributed by atoms with E-state index in [1.807, 2.05) is 12.1 Å². The summed E-state index contributed by atoms with van der Waals surface area (Å²) in [7, 11) is 1.57. The minimum absolute atomic E-state index is 0. The Hall–Kier alpha value is 0.643. The second-order valence-corrected chi connectivity index (χ2v) is 4.18. The van der Waals surface area contributed by atoms with Gasteiger partial charge in [0.25, 0.3) is 0 Å². The van der Waals surface area contributed by atoms with Gasteiger partial charge in [-0.15, -0.1) is 0 Å². The van der Waals surface area contributed by atoms with E-state index in [-0.39, 0.29) is 116 Å². The summed E-state index contributed by atoms with van der Waals surface area (Å²) in [5.74, 6) is -1.99. The zero-order valence-corrected chi connectivity index (χ0v) is 19.8. The third-order valence-electron chi connectivity index (χ3n) is 2.65.